The molecule has 0 aliphatic carbocycles. The molecule has 26 heavy (non-hydrogen) atoms. The van der Waals surface area contributed by atoms with Gasteiger partial charge in [-0.2, -0.15) is 0 Å². The Kier molecular flexibility index (Phi) is 5.70. The van der Waals surface area contributed by atoms with Gasteiger partial charge >= 0.3 is 0 Å². The second kappa shape index (κ2) is 7.82. The number of para-hydroxylation sites is 2. The van der Waals surface area contributed by atoms with E-state index in [0.717, 1.165) is 44.5 Å². The Bertz CT molecular complexity index is 884. The first-order valence-electron chi connectivity index (χ1n) is 8.45. The zero-order valence-corrected chi connectivity index (χ0v) is 16.0. The molecule has 1 fully saturated rings. The number of piperazine rings is 1. The average molecular weight is 398 g/mol. The van der Waals surface area contributed by atoms with E-state index in [-0.39, 0.29) is 5.02 Å². The van der Waals surface area contributed by atoms with Crippen molar-refractivity contribution in [2.24, 2.45) is 0 Å². The van der Waals surface area contributed by atoms with Gasteiger partial charge in [0.05, 0.1) is 11.4 Å². The molecule has 3 rings (SSSR count). The Morgan fingerprint density at radius 2 is 1.81 bits per heavy atom. The third kappa shape index (κ3) is 4.11. The fourth-order valence-corrected chi connectivity index (χ4v) is 4.33. The van der Waals surface area contributed by atoms with Crippen molar-refractivity contribution in [3.05, 3.63) is 53.3 Å². The molecule has 0 saturated carbocycles. The van der Waals surface area contributed by atoms with Crippen molar-refractivity contribution in [2.75, 3.05) is 42.3 Å². The van der Waals surface area contributed by atoms with Crippen LogP contribution in [0.5, 0.6) is 0 Å². The first kappa shape index (κ1) is 18.9. The molecule has 2 aromatic rings. The van der Waals surface area contributed by atoms with Gasteiger partial charge in [0.1, 0.15) is 10.7 Å². The van der Waals surface area contributed by atoms with Crippen molar-refractivity contribution in [3.63, 3.8) is 0 Å². The average Bonchev–Trinajstić information content (AvgIpc) is 2.61. The summed E-state index contributed by atoms with van der Waals surface area (Å²) in [5.41, 5.74) is 1.23. The molecule has 1 N–H and O–H groups in total. The van der Waals surface area contributed by atoms with Crippen molar-refractivity contribution in [1.82, 2.24) is 4.90 Å². The zero-order chi connectivity index (χ0) is 18.7. The van der Waals surface area contributed by atoms with Gasteiger partial charge < -0.3 is 9.80 Å². The molecule has 1 aliphatic heterocycles. The number of anilines is 2. The summed E-state index contributed by atoms with van der Waals surface area (Å²) < 4.78 is 41.9. The Balaban J connectivity index is 1.86. The minimum Gasteiger partial charge on any atom is -0.367 e. The summed E-state index contributed by atoms with van der Waals surface area (Å²) in [5.74, 6) is -0.876. The fourth-order valence-electron chi connectivity index (χ4n) is 3.03. The smallest absolute Gasteiger partial charge is 0.264 e. The van der Waals surface area contributed by atoms with Gasteiger partial charge in [0.25, 0.3) is 10.0 Å². The topological polar surface area (TPSA) is 52.6 Å². The molecule has 0 atom stereocenters. The molecule has 5 nitrogen and oxygen atoms in total. The summed E-state index contributed by atoms with van der Waals surface area (Å²) >= 11 is 5.71. The molecule has 140 valence electrons. The van der Waals surface area contributed by atoms with Crippen LogP contribution in [0.25, 0.3) is 0 Å². The first-order chi connectivity index (χ1) is 12.4. The van der Waals surface area contributed by atoms with Crippen LogP contribution in [-0.2, 0) is 10.0 Å². The minimum atomic E-state index is -4.06. The minimum absolute atomic E-state index is 0.149. The normalized spacial score (nSPS) is 15.9. The number of nitrogens with zero attached hydrogens (tertiary/aromatic N) is 2. The highest BCUT2D eigenvalue weighted by atomic mass is 35.5. The van der Waals surface area contributed by atoms with Crippen molar-refractivity contribution in [1.29, 1.82) is 0 Å². The van der Waals surface area contributed by atoms with E-state index in [1.54, 1.807) is 12.1 Å². The Morgan fingerprint density at radius 1 is 1.12 bits per heavy atom. The van der Waals surface area contributed by atoms with Gasteiger partial charge in [-0.25, -0.2) is 12.8 Å². The van der Waals surface area contributed by atoms with E-state index in [1.807, 2.05) is 12.1 Å². The lowest BCUT2D eigenvalue weighted by molar-refractivity contribution is 0.271. The number of nitrogens with one attached hydrogen (secondary N) is 1. The van der Waals surface area contributed by atoms with Crippen LogP contribution in [0.2, 0.25) is 5.02 Å². The Hall–Kier alpha value is -1.83. The van der Waals surface area contributed by atoms with Gasteiger partial charge in [0.15, 0.2) is 0 Å². The largest absolute Gasteiger partial charge is 0.367 e. The highest BCUT2D eigenvalue weighted by Crippen LogP contribution is 2.29. The van der Waals surface area contributed by atoms with Crippen LogP contribution in [0.3, 0.4) is 0 Å². The van der Waals surface area contributed by atoms with Gasteiger partial charge in [-0.05, 0) is 36.9 Å². The van der Waals surface area contributed by atoms with Crippen LogP contribution in [0, 0.1) is 5.82 Å². The number of hydrogen-bond donors (Lipinski definition) is 1. The monoisotopic (exact) mass is 397 g/mol. The van der Waals surface area contributed by atoms with E-state index < -0.39 is 20.7 Å². The molecule has 1 saturated heterocycles. The molecule has 2 aromatic carbocycles. The molecule has 0 aromatic heterocycles. The molecule has 8 heteroatoms. The third-order valence-corrected chi connectivity index (χ3v) is 6.13. The highest BCUT2D eigenvalue weighted by molar-refractivity contribution is 7.92. The van der Waals surface area contributed by atoms with E-state index in [2.05, 4.69) is 21.4 Å². The maximum Gasteiger partial charge on any atom is 0.264 e. The van der Waals surface area contributed by atoms with Gasteiger partial charge in [-0.3, -0.25) is 4.72 Å². The van der Waals surface area contributed by atoms with Crippen LogP contribution in [0.4, 0.5) is 15.8 Å². The first-order valence-corrected chi connectivity index (χ1v) is 10.3. The molecule has 0 unspecified atom stereocenters. The molecule has 1 aliphatic rings. The lowest BCUT2D eigenvalue weighted by Crippen LogP contribution is -2.46. The van der Waals surface area contributed by atoms with Crippen molar-refractivity contribution in [3.8, 4) is 0 Å². The summed E-state index contributed by atoms with van der Waals surface area (Å²) in [4.78, 5) is 4.06. The second-order valence-corrected chi connectivity index (χ2v) is 8.21. The number of sulfonamides is 1. The van der Waals surface area contributed by atoms with Crippen molar-refractivity contribution < 1.29 is 12.8 Å². The molecule has 1 heterocycles. The number of halogens is 2. The van der Waals surface area contributed by atoms with Crippen LogP contribution >= 0.6 is 11.6 Å². The van der Waals surface area contributed by atoms with Gasteiger partial charge in [0.2, 0.25) is 0 Å². The third-order valence-electron chi connectivity index (χ3n) is 4.49. The molecule has 0 amide bonds. The summed E-state index contributed by atoms with van der Waals surface area (Å²) in [6, 6.07) is 10.7. The quantitative estimate of drug-likeness (QED) is 0.839. The Morgan fingerprint density at radius 3 is 2.46 bits per heavy atom. The van der Waals surface area contributed by atoms with E-state index in [4.69, 9.17) is 11.6 Å². The van der Waals surface area contributed by atoms with E-state index in [0.29, 0.717) is 5.69 Å². The SMILES string of the molecule is CCN1CCN(c2ccccc2NS(=O)(=O)c2ccc(Cl)cc2F)CC1. The summed E-state index contributed by atoms with van der Waals surface area (Å²) in [6.07, 6.45) is 0. The Labute approximate surface area is 158 Å². The van der Waals surface area contributed by atoms with Crippen LogP contribution in [0.1, 0.15) is 6.92 Å². The van der Waals surface area contributed by atoms with E-state index in [9.17, 15) is 12.8 Å². The van der Waals surface area contributed by atoms with Crippen molar-refractivity contribution in [2.45, 2.75) is 11.8 Å². The zero-order valence-electron chi connectivity index (χ0n) is 14.5. The number of benzene rings is 2. The number of likely N-dealkylation sites (N-methyl/N-ethyl adjacent to an activating group) is 1. The van der Waals surface area contributed by atoms with Crippen LogP contribution in [0.15, 0.2) is 47.4 Å². The standard InChI is InChI=1S/C18H21ClFN3O2S/c1-2-22-9-11-23(12-10-22)17-6-4-3-5-16(17)21-26(24,25)18-8-7-14(19)13-15(18)20/h3-8,13,21H,2,9-12H2,1H3. The maximum absolute atomic E-state index is 14.1. The van der Waals surface area contributed by atoms with Crippen LogP contribution < -0.4 is 9.62 Å². The second-order valence-electron chi connectivity index (χ2n) is 6.12. The van der Waals surface area contributed by atoms with Crippen molar-refractivity contribution >= 4 is 33.0 Å². The molecular weight excluding hydrogens is 377 g/mol. The molecular formula is C18H21ClFN3O2S. The fraction of sp³-hybridized carbons (Fsp3) is 0.333. The molecule has 0 radical (unpaired) electrons. The van der Waals surface area contributed by atoms with E-state index in [1.165, 1.54) is 12.1 Å². The molecule has 0 spiro atoms. The number of rotatable bonds is 5. The number of hydrogen-bond acceptors (Lipinski definition) is 4. The lowest BCUT2D eigenvalue weighted by Gasteiger charge is -2.36. The van der Waals surface area contributed by atoms with Crippen LogP contribution in [-0.4, -0.2) is 46.0 Å². The van der Waals surface area contributed by atoms with E-state index >= 15 is 0 Å². The predicted molar refractivity (Wildman–Crippen MR) is 103 cm³/mol. The summed E-state index contributed by atoms with van der Waals surface area (Å²) in [7, 11) is -4.06. The predicted octanol–water partition coefficient (Wildman–Crippen LogP) is 3.42. The van der Waals surface area contributed by atoms with Gasteiger partial charge in [-0.15, -0.1) is 0 Å². The highest BCUT2D eigenvalue weighted by Gasteiger charge is 2.23. The van der Waals surface area contributed by atoms with Gasteiger partial charge in [-0.1, -0.05) is 30.7 Å². The lowest BCUT2D eigenvalue weighted by atomic mass is 10.2. The summed E-state index contributed by atoms with van der Waals surface area (Å²) in [5, 5.41) is 0.149. The molecule has 0 bridgehead atoms. The maximum atomic E-state index is 14.1. The van der Waals surface area contributed by atoms with Gasteiger partial charge in [0, 0.05) is 31.2 Å². The summed E-state index contributed by atoms with van der Waals surface area (Å²) in [6.45, 7) is 6.58.